The van der Waals surface area contributed by atoms with Crippen molar-refractivity contribution in [2.24, 2.45) is 23.0 Å². The summed E-state index contributed by atoms with van der Waals surface area (Å²) in [6.07, 6.45) is 5.05. The maximum atomic E-state index is 5.67. The van der Waals surface area contributed by atoms with E-state index in [-0.39, 0.29) is 0 Å². The van der Waals surface area contributed by atoms with Crippen LogP contribution in [0.5, 0.6) is 0 Å². The molecule has 0 saturated heterocycles. The number of hydrogen-bond acceptors (Lipinski definition) is 1. The van der Waals surface area contributed by atoms with Gasteiger partial charge in [0, 0.05) is 0 Å². The van der Waals surface area contributed by atoms with Gasteiger partial charge in [-0.1, -0.05) is 47.5 Å². The fourth-order valence-electron chi connectivity index (χ4n) is 2.15. The Labute approximate surface area is 90.5 Å². The summed E-state index contributed by atoms with van der Waals surface area (Å²) in [4.78, 5) is 0. The Kier molecular flexibility index (Phi) is 6.43. The van der Waals surface area contributed by atoms with E-state index >= 15 is 0 Å². The van der Waals surface area contributed by atoms with Crippen LogP contribution in [0.4, 0.5) is 0 Å². The monoisotopic (exact) mass is 199 g/mol. The molecule has 14 heavy (non-hydrogen) atoms. The Balaban J connectivity index is 4.15. The van der Waals surface area contributed by atoms with Crippen molar-refractivity contribution in [3.63, 3.8) is 0 Å². The minimum Gasteiger partial charge on any atom is -0.330 e. The Hall–Kier alpha value is -0.0400. The zero-order valence-electron chi connectivity index (χ0n) is 10.8. The normalized spacial score (nSPS) is 20.1. The summed E-state index contributed by atoms with van der Waals surface area (Å²) in [5.41, 5.74) is 6.14. The van der Waals surface area contributed by atoms with Crippen molar-refractivity contribution >= 4 is 0 Å². The summed E-state index contributed by atoms with van der Waals surface area (Å²) in [5, 5.41) is 0. The molecule has 0 spiro atoms. The molecule has 1 nitrogen and oxygen atoms in total. The molecule has 0 bridgehead atoms. The van der Waals surface area contributed by atoms with Crippen LogP contribution in [-0.4, -0.2) is 6.54 Å². The van der Waals surface area contributed by atoms with Gasteiger partial charge >= 0.3 is 0 Å². The summed E-state index contributed by atoms with van der Waals surface area (Å²) < 4.78 is 0. The van der Waals surface area contributed by atoms with Gasteiger partial charge in [0.1, 0.15) is 0 Å². The second kappa shape index (κ2) is 6.44. The first-order valence-corrected chi connectivity index (χ1v) is 6.19. The predicted octanol–water partition coefficient (Wildman–Crippen LogP) is 3.82. The highest BCUT2D eigenvalue weighted by Crippen LogP contribution is 2.36. The lowest BCUT2D eigenvalue weighted by Gasteiger charge is -2.33. The third kappa shape index (κ3) is 4.45. The van der Waals surface area contributed by atoms with E-state index in [9.17, 15) is 0 Å². The molecule has 0 saturated carbocycles. The third-order valence-electron chi connectivity index (χ3n) is 4.03. The van der Waals surface area contributed by atoms with Crippen LogP contribution in [-0.2, 0) is 0 Å². The first-order chi connectivity index (χ1) is 6.49. The molecule has 0 aromatic carbocycles. The largest absolute Gasteiger partial charge is 0.330 e. The molecule has 0 aliphatic rings. The zero-order valence-corrected chi connectivity index (χ0v) is 10.8. The molecule has 0 aliphatic heterocycles. The van der Waals surface area contributed by atoms with Crippen molar-refractivity contribution in [1.29, 1.82) is 0 Å². The van der Waals surface area contributed by atoms with Gasteiger partial charge < -0.3 is 5.73 Å². The molecule has 3 atom stereocenters. The second-order valence-electron chi connectivity index (χ2n) is 5.27. The first kappa shape index (κ1) is 14.0. The molecule has 1 heteroatoms. The smallest absolute Gasteiger partial charge is 0.00721 e. The molecule has 0 aliphatic carbocycles. The van der Waals surface area contributed by atoms with Crippen molar-refractivity contribution in [2.75, 3.05) is 6.54 Å². The molecule has 0 fully saturated rings. The molecule has 2 N–H and O–H groups in total. The van der Waals surface area contributed by atoms with Crippen molar-refractivity contribution in [3.8, 4) is 0 Å². The fourth-order valence-corrected chi connectivity index (χ4v) is 2.15. The Bertz CT molecular complexity index is 144. The van der Waals surface area contributed by atoms with Gasteiger partial charge in [0.05, 0.1) is 0 Å². The molecule has 0 amide bonds. The fraction of sp³-hybridized carbons (Fsp3) is 1.00. The van der Waals surface area contributed by atoms with E-state index in [4.69, 9.17) is 5.73 Å². The highest BCUT2D eigenvalue weighted by molar-refractivity contribution is 4.77. The van der Waals surface area contributed by atoms with E-state index in [0.717, 1.165) is 18.4 Å². The van der Waals surface area contributed by atoms with E-state index < -0.39 is 0 Å². The van der Waals surface area contributed by atoms with Crippen LogP contribution >= 0.6 is 0 Å². The van der Waals surface area contributed by atoms with Crippen molar-refractivity contribution in [2.45, 2.75) is 60.3 Å². The van der Waals surface area contributed by atoms with Crippen molar-refractivity contribution < 1.29 is 0 Å². The third-order valence-corrected chi connectivity index (χ3v) is 4.03. The lowest BCUT2D eigenvalue weighted by Crippen LogP contribution is -2.24. The molecule has 0 aromatic rings. The second-order valence-corrected chi connectivity index (χ2v) is 5.27. The van der Waals surface area contributed by atoms with Gasteiger partial charge in [-0.15, -0.1) is 0 Å². The Morgan fingerprint density at radius 1 is 1.14 bits per heavy atom. The van der Waals surface area contributed by atoms with E-state index in [1.807, 2.05) is 0 Å². The van der Waals surface area contributed by atoms with E-state index in [2.05, 4.69) is 34.6 Å². The van der Waals surface area contributed by atoms with Gasteiger partial charge in [0.25, 0.3) is 0 Å². The van der Waals surface area contributed by atoms with Crippen LogP contribution < -0.4 is 5.73 Å². The van der Waals surface area contributed by atoms with Crippen LogP contribution in [0.3, 0.4) is 0 Å². The van der Waals surface area contributed by atoms with Gasteiger partial charge in [-0.3, -0.25) is 0 Å². The molecule has 86 valence electrons. The Morgan fingerprint density at radius 3 is 2.07 bits per heavy atom. The quantitative estimate of drug-likeness (QED) is 0.662. The molecule has 0 aromatic heterocycles. The summed E-state index contributed by atoms with van der Waals surface area (Å²) in [7, 11) is 0. The first-order valence-electron chi connectivity index (χ1n) is 6.19. The van der Waals surface area contributed by atoms with Gasteiger partial charge in [-0.2, -0.15) is 0 Å². The van der Waals surface area contributed by atoms with Gasteiger partial charge in [-0.05, 0) is 36.6 Å². The molecular formula is C13H29N. The van der Waals surface area contributed by atoms with Crippen molar-refractivity contribution in [1.82, 2.24) is 0 Å². The van der Waals surface area contributed by atoms with E-state index in [1.54, 1.807) is 0 Å². The summed E-state index contributed by atoms with van der Waals surface area (Å²) in [6.45, 7) is 12.5. The summed E-state index contributed by atoms with van der Waals surface area (Å²) >= 11 is 0. The maximum Gasteiger partial charge on any atom is -0.00721 e. The number of hydrogen-bond donors (Lipinski definition) is 1. The molecule has 0 radical (unpaired) electrons. The average Bonchev–Trinajstić information content (AvgIpc) is 2.16. The van der Waals surface area contributed by atoms with Crippen LogP contribution in [0.15, 0.2) is 0 Å². The topological polar surface area (TPSA) is 26.0 Å². The van der Waals surface area contributed by atoms with Crippen LogP contribution in [0.25, 0.3) is 0 Å². The van der Waals surface area contributed by atoms with E-state index in [1.165, 1.54) is 25.7 Å². The van der Waals surface area contributed by atoms with Crippen LogP contribution in [0.1, 0.15) is 60.3 Å². The van der Waals surface area contributed by atoms with E-state index in [0.29, 0.717) is 5.41 Å². The minimum absolute atomic E-state index is 0.470. The van der Waals surface area contributed by atoms with Gasteiger partial charge in [0.2, 0.25) is 0 Å². The Morgan fingerprint density at radius 2 is 1.71 bits per heavy atom. The van der Waals surface area contributed by atoms with Crippen LogP contribution in [0, 0.1) is 17.3 Å². The predicted molar refractivity (Wildman–Crippen MR) is 65.3 cm³/mol. The molecule has 0 heterocycles. The lowest BCUT2D eigenvalue weighted by atomic mass is 9.73. The lowest BCUT2D eigenvalue weighted by molar-refractivity contribution is 0.188. The summed E-state index contributed by atoms with van der Waals surface area (Å²) in [6, 6.07) is 0. The number of rotatable bonds is 7. The summed E-state index contributed by atoms with van der Waals surface area (Å²) in [5.74, 6) is 1.68. The molecule has 3 unspecified atom stereocenters. The standard InChI is InChI=1S/C13H29N/c1-6-11(3)12(4)10-13(5,7-2)8-9-14/h11-12H,6-10,14H2,1-5H3. The zero-order chi connectivity index (χ0) is 11.2. The maximum absolute atomic E-state index is 5.67. The SMILES string of the molecule is CCC(C)C(C)CC(C)(CC)CCN. The molecular weight excluding hydrogens is 170 g/mol. The van der Waals surface area contributed by atoms with Crippen molar-refractivity contribution in [3.05, 3.63) is 0 Å². The minimum atomic E-state index is 0.470. The van der Waals surface area contributed by atoms with Gasteiger partial charge in [0.15, 0.2) is 0 Å². The molecule has 0 rings (SSSR count). The highest BCUT2D eigenvalue weighted by Gasteiger charge is 2.25. The highest BCUT2D eigenvalue weighted by atomic mass is 14.5. The average molecular weight is 199 g/mol. The van der Waals surface area contributed by atoms with Crippen LogP contribution in [0.2, 0.25) is 0 Å². The number of nitrogens with two attached hydrogens (primary N) is 1. The van der Waals surface area contributed by atoms with Gasteiger partial charge in [-0.25, -0.2) is 0 Å².